The fourth-order valence-electron chi connectivity index (χ4n) is 1.36. The molecule has 0 aliphatic carbocycles. The second-order valence-electron chi connectivity index (χ2n) is 4.28. The maximum Gasteiger partial charge on any atom is 0.321 e. The van der Waals surface area contributed by atoms with Gasteiger partial charge in [0.1, 0.15) is 0 Å². The second kappa shape index (κ2) is 6.03. The molecular formula is C12H17N3O4. The van der Waals surface area contributed by atoms with Crippen LogP contribution in [0.4, 0.5) is 16.2 Å². The largest absolute Gasteiger partial charge is 0.490 e. The zero-order valence-corrected chi connectivity index (χ0v) is 11.3. The van der Waals surface area contributed by atoms with Crippen LogP contribution in [0.5, 0.6) is 5.75 Å². The molecule has 0 aliphatic heterocycles. The quantitative estimate of drug-likeness (QED) is 0.670. The highest BCUT2D eigenvalue weighted by atomic mass is 16.6. The Morgan fingerprint density at radius 3 is 2.58 bits per heavy atom. The summed E-state index contributed by atoms with van der Waals surface area (Å²) in [6, 6.07) is 3.98. The first kappa shape index (κ1) is 14.7. The smallest absolute Gasteiger partial charge is 0.321 e. The molecule has 1 aromatic carbocycles. The standard InChI is InChI=1S/C12H17N3O4/c1-8(2)14(3)12(16)13-9-5-6-11(19-4)10(7-9)15(17)18/h5-8H,1-4H3,(H,13,16). The normalized spacial score (nSPS) is 10.2. The summed E-state index contributed by atoms with van der Waals surface area (Å²) in [4.78, 5) is 23.6. The molecule has 0 saturated carbocycles. The Hall–Kier alpha value is -2.31. The maximum absolute atomic E-state index is 11.8. The van der Waals surface area contributed by atoms with E-state index in [1.165, 1.54) is 24.1 Å². The topological polar surface area (TPSA) is 84.7 Å². The molecule has 2 amide bonds. The zero-order chi connectivity index (χ0) is 14.6. The first-order valence-corrected chi connectivity index (χ1v) is 5.73. The number of nitro groups is 1. The van der Waals surface area contributed by atoms with Gasteiger partial charge in [0.25, 0.3) is 0 Å². The summed E-state index contributed by atoms with van der Waals surface area (Å²) >= 11 is 0. The minimum atomic E-state index is -0.555. The number of carbonyl (C=O) groups excluding carboxylic acids is 1. The Morgan fingerprint density at radius 1 is 1.47 bits per heavy atom. The zero-order valence-electron chi connectivity index (χ0n) is 11.3. The van der Waals surface area contributed by atoms with Crippen molar-refractivity contribution in [2.24, 2.45) is 0 Å². The van der Waals surface area contributed by atoms with Crippen molar-refractivity contribution in [3.63, 3.8) is 0 Å². The number of rotatable bonds is 4. The van der Waals surface area contributed by atoms with E-state index < -0.39 is 4.92 Å². The highest BCUT2D eigenvalue weighted by Crippen LogP contribution is 2.29. The summed E-state index contributed by atoms with van der Waals surface area (Å²) < 4.78 is 4.89. The Kier molecular flexibility index (Phi) is 4.68. The van der Waals surface area contributed by atoms with Crippen LogP contribution in [0.2, 0.25) is 0 Å². The van der Waals surface area contributed by atoms with Gasteiger partial charge in [-0.2, -0.15) is 0 Å². The molecule has 1 aromatic rings. The van der Waals surface area contributed by atoms with Crippen molar-refractivity contribution in [3.05, 3.63) is 28.3 Å². The lowest BCUT2D eigenvalue weighted by Crippen LogP contribution is -2.36. The third-order valence-corrected chi connectivity index (χ3v) is 2.72. The fourth-order valence-corrected chi connectivity index (χ4v) is 1.36. The van der Waals surface area contributed by atoms with Gasteiger partial charge in [-0.1, -0.05) is 0 Å². The van der Waals surface area contributed by atoms with E-state index in [0.29, 0.717) is 5.69 Å². The molecular weight excluding hydrogens is 250 g/mol. The Labute approximate surface area is 111 Å². The summed E-state index contributed by atoms with van der Waals surface area (Å²) in [6.45, 7) is 3.74. The van der Waals surface area contributed by atoms with E-state index in [1.807, 2.05) is 13.8 Å². The highest BCUT2D eigenvalue weighted by Gasteiger charge is 2.17. The maximum atomic E-state index is 11.8. The van der Waals surface area contributed by atoms with E-state index in [0.717, 1.165) is 0 Å². The number of benzene rings is 1. The summed E-state index contributed by atoms with van der Waals surface area (Å²) in [5, 5.41) is 13.5. The van der Waals surface area contributed by atoms with Crippen molar-refractivity contribution in [2.45, 2.75) is 19.9 Å². The van der Waals surface area contributed by atoms with Gasteiger partial charge in [-0.3, -0.25) is 10.1 Å². The number of nitrogens with one attached hydrogen (secondary N) is 1. The van der Waals surface area contributed by atoms with Crippen molar-refractivity contribution in [1.29, 1.82) is 0 Å². The Balaban J connectivity index is 2.94. The van der Waals surface area contributed by atoms with Crippen LogP contribution in [0.25, 0.3) is 0 Å². The van der Waals surface area contributed by atoms with E-state index >= 15 is 0 Å². The van der Waals surface area contributed by atoms with E-state index in [-0.39, 0.29) is 23.5 Å². The van der Waals surface area contributed by atoms with Crippen LogP contribution in [0.1, 0.15) is 13.8 Å². The van der Waals surface area contributed by atoms with Crippen LogP contribution in [0.3, 0.4) is 0 Å². The fraction of sp³-hybridized carbons (Fsp3) is 0.417. The number of hydrogen-bond donors (Lipinski definition) is 1. The summed E-state index contributed by atoms with van der Waals surface area (Å²) in [5.41, 5.74) is 0.164. The lowest BCUT2D eigenvalue weighted by molar-refractivity contribution is -0.385. The van der Waals surface area contributed by atoms with Gasteiger partial charge >= 0.3 is 11.7 Å². The van der Waals surface area contributed by atoms with Crippen LogP contribution >= 0.6 is 0 Å². The van der Waals surface area contributed by atoms with Gasteiger partial charge in [0.05, 0.1) is 12.0 Å². The average molecular weight is 267 g/mol. The summed E-state index contributed by atoms with van der Waals surface area (Å²) in [5.74, 6) is 0.153. The number of hydrogen-bond acceptors (Lipinski definition) is 4. The van der Waals surface area contributed by atoms with Gasteiger partial charge in [-0.25, -0.2) is 4.79 Å². The minimum Gasteiger partial charge on any atom is -0.490 e. The van der Waals surface area contributed by atoms with Gasteiger partial charge in [0.15, 0.2) is 5.75 Å². The summed E-state index contributed by atoms with van der Waals surface area (Å²) in [7, 11) is 3.01. The third kappa shape index (κ3) is 3.57. The lowest BCUT2D eigenvalue weighted by atomic mass is 10.2. The SMILES string of the molecule is COc1ccc(NC(=O)N(C)C(C)C)cc1[N+](=O)[O-]. The molecule has 0 bridgehead atoms. The number of nitro benzene ring substituents is 1. The molecule has 1 rings (SSSR count). The molecule has 0 unspecified atom stereocenters. The molecule has 0 heterocycles. The molecule has 7 heteroatoms. The van der Waals surface area contributed by atoms with Gasteiger partial charge in [0.2, 0.25) is 0 Å². The first-order chi connectivity index (χ1) is 8.86. The number of urea groups is 1. The van der Waals surface area contributed by atoms with Crippen LogP contribution in [-0.4, -0.2) is 36.1 Å². The van der Waals surface area contributed by atoms with E-state index in [2.05, 4.69) is 5.32 Å². The second-order valence-corrected chi connectivity index (χ2v) is 4.28. The number of anilines is 1. The number of nitrogens with zero attached hydrogens (tertiary/aromatic N) is 2. The van der Waals surface area contributed by atoms with Crippen molar-refractivity contribution >= 4 is 17.4 Å². The Morgan fingerprint density at radius 2 is 2.11 bits per heavy atom. The van der Waals surface area contributed by atoms with E-state index in [9.17, 15) is 14.9 Å². The van der Waals surface area contributed by atoms with Crippen LogP contribution in [0.15, 0.2) is 18.2 Å². The van der Waals surface area contributed by atoms with Crippen molar-refractivity contribution in [3.8, 4) is 5.75 Å². The number of methoxy groups -OCH3 is 1. The number of carbonyl (C=O) groups is 1. The third-order valence-electron chi connectivity index (χ3n) is 2.72. The van der Waals surface area contributed by atoms with Gasteiger partial charge in [0, 0.05) is 24.8 Å². The van der Waals surface area contributed by atoms with Crippen LogP contribution in [-0.2, 0) is 0 Å². The molecule has 0 aliphatic rings. The number of amides is 2. The molecule has 0 fully saturated rings. The molecule has 0 saturated heterocycles. The predicted molar refractivity (Wildman–Crippen MR) is 71.6 cm³/mol. The molecule has 7 nitrogen and oxygen atoms in total. The summed E-state index contributed by atoms with van der Waals surface area (Å²) in [6.07, 6.45) is 0. The van der Waals surface area contributed by atoms with Crippen molar-refractivity contribution < 1.29 is 14.5 Å². The Bertz CT molecular complexity index is 488. The monoisotopic (exact) mass is 267 g/mol. The van der Waals surface area contributed by atoms with Crippen LogP contribution < -0.4 is 10.1 Å². The van der Waals surface area contributed by atoms with Crippen molar-refractivity contribution in [2.75, 3.05) is 19.5 Å². The molecule has 1 N–H and O–H groups in total. The molecule has 0 atom stereocenters. The van der Waals surface area contributed by atoms with Gasteiger partial charge < -0.3 is 15.0 Å². The van der Waals surface area contributed by atoms with Gasteiger partial charge in [-0.15, -0.1) is 0 Å². The van der Waals surface area contributed by atoms with Crippen molar-refractivity contribution in [1.82, 2.24) is 4.90 Å². The van der Waals surface area contributed by atoms with E-state index in [1.54, 1.807) is 13.1 Å². The van der Waals surface area contributed by atoms with E-state index in [4.69, 9.17) is 4.74 Å². The lowest BCUT2D eigenvalue weighted by Gasteiger charge is -2.21. The number of ether oxygens (including phenoxy) is 1. The molecule has 19 heavy (non-hydrogen) atoms. The molecule has 104 valence electrons. The van der Waals surface area contributed by atoms with Crippen LogP contribution in [0, 0.1) is 10.1 Å². The predicted octanol–water partition coefficient (Wildman–Crippen LogP) is 2.48. The molecule has 0 radical (unpaired) electrons. The first-order valence-electron chi connectivity index (χ1n) is 5.73. The highest BCUT2D eigenvalue weighted by molar-refractivity contribution is 5.89. The van der Waals surface area contributed by atoms with Gasteiger partial charge in [-0.05, 0) is 26.0 Å². The molecule has 0 aromatic heterocycles. The molecule has 0 spiro atoms. The average Bonchev–Trinajstić information content (AvgIpc) is 2.37. The minimum absolute atomic E-state index is 0.0354.